The normalized spacial score (nSPS) is 14.8. The first-order valence-corrected chi connectivity index (χ1v) is 9.92. The number of rotatable bonds is 7. The largest absolute Gasteiger partial charge is 0.489 e. The van der Waals surface area contributed by atoms with E-state index in [0.717, 1.165) is 18.4 Å². The standard InChI is InChI=1S/C23H28N2O4/c1-17-5-3-6-18(13-17)16-29-21-8-4-7-19(14-21)23(28)25-11-9-20(10-12-25)24(2)15-22(26)27/h3-8,13-14,20H,9-12,15-16H2,1-2H3,(H,26,27). The van der Waals surface area contributed by atoms with Crippen LogP contribution in [0.4, 0.5) is 0 Å². The van der Waals surface area contributed by atoms with E-state index in [0.29, 0.717) is 31.0 Å². The molecule has 0 radical (unpaired) electrons. The van der Waals surface area contributed by atoms with Crippen molar-refractivity contribution in [3.63, 3.8) is 0 Å². The van der Waals surface area contributed by atoms with Crippen LogP contribution in [-0.2, 0) is 11.4 Å². The van der Waals surface area contributed by atoms with Crippen molar-refractivity contribution in [2.24, 2.45) is 0 Å². The Morgan fingerprint density at radius 3 is 2.55 bits per heavy atom. The van der Waals surface area contributed by atoms with Crippen molar-refractivity contribution in [1.82, 2.24) is 9.80 Å². The molecule has 6 nitrogen and oxygen atoms in total. The third-order valence-electron chi connectivity index (χ3n) is 5.33. The lowest BCUT2D eigenvalue weighted by atomic mass is 10.0. The van der Waals surface area contributed by atoms with Crippen LogP contribution in [0.5, 0.6) is 5.75 Å². The third kappa shape index (κ3) is 5.81. The van der Waals surface area contributed by atoms with Gasteiger partial charge in [-0.15, -0.1) is 0 Å². The minimum absolute atomic E-state index is 0.00894. The van der Waals surface area contributed by atoms with Crippen LogP contribution < -0.4 is 4.74 Å². The van der Waals surface area contributed by atoms with Crippen molar-refractivity contribution in [3.05, 3.63) is 65.2 Å². The summed E-state index contributed by atoms with van der Waals surface area (Å²) < 4.78 is 5.88. The summed E-state index contributed by atoms with van der Waals surface area (Å²) in [6.07, 6.45) is 1.55. The number of carboxylic acid groups (broad SMARTS) is 1. The topological polar surface area (TPSA) is 70.1 Å². The Labute approximate surface area is 171 Å². The minimum atomic E-state index is -0.825. The lowest BCUT2D eigenvalue weighted by molar-refractivity contribution is -0.138. The summed E-state index contributed by atoms with van der Waals surface area (Å²) in [6.45, 7) is 3.79. The van der Waals surface area contributed by atoms with Crippen molar-refractivity contribution >= 4 is 11.9 Å². The Morgan fingerprint density at radius 1 is 1.14 bits per heavy atom. The van der Waals surface area contributed by atoms with E-state index in [2.05, 4.69) is 6.07 Å². The van der Waals surface area contributed by atoms with Gasteiger partial charge >= 0.3 is 5.97 Å². The van der Waals surface area contributed by atoms with Gasteiger partial charge in [-0.25, -0.2) is 0 Å². The van der Waals surface area contributed by atoms with Gasteiger partial charge in [-0.2, -0.15) is 0 Å². The minimum Gasteiger partial charge on any atom is -0.489 e. The Kier molecular flexibility index (Phi) is 6.88. The number of nitrogens with zero attached hydrogens (tertiary/aromatic N) is 2. The molecule has 1 amide bonds. The zero-order valence-corrected chi connectivity index (χ0v) is 17.0. The monoisotopic (exact) mass is 396 g/mol. The molecule has 0 unspecified atom stereocenters. The fraction of sp³-hybridized carbons (Fsp3) is 0.391. The van der Waals surface area contributed by atoms with Crippen LogP contribution in [0, 0.1) is 6.92 Å². The lowest BCUT2D eigenvalue weighted by Gasteiger charge is -2.36. The number of likely N-dealkylation sites (tertiary alicyclic amines) is 1. The number of hydrogen-bond acceptors (Lipinski definition) is 4. The molecule has 1 aliphatic rings. The van der Waals surface area contributed by atoms with Crippen LogP contribution in [0.25, 0.3) is 0 Å². The molecule has 154 valence electrons. The molecular formula is C23H28N2O4. The van der Waals surface area contributed by atoms with E-state index in [1.165, 1.54) is 5.56 Å². The fourth-order valence-electron chi connectivity index (χ4n) is 3.72. The van der Waals surface area contributed by atoms with Gasteiger partial charge in [0.15, 0.2) is 0 Å². The van der Waals surface area contributed by atoms with E-state index in [1.807, 2.05) is 60.2 Å². The summed E-state index contributed by atoms with van der Waals surface area (Å²) in [5.74, 6) is -0.160. The smallest absolute Gasteiger partial charge is 0.317 e. The first-order valence-electron chi connectivity index (χ1n) is 9.92. The first kappa shape index (κ1) is 20.9. The maximum Gasteiger partial charge on any atom is 0.317 e. The Balaban J connectivity index is 1.56. The molecule has 3 rings (SSSR count). The predicted octanol–water partition coefficient (Wildman–Crippen LogP) is 3.20. The molecule has 0 saturated carbocycles. The van der Waals surface area contributed by atoms with Crippen LogP contribution in [0.15, 0.2) is 48.5 Å². The van der Waals surface area contributed by atoms with Gasteiger partial charge < -0.3 is 14.7 Å². The van der Waals surface area contributed by atoms with Crippen molar-refractivity contribution in [2.75, 3.05) is 26.7 Å². The van der Waals surface area contributed by atoms with Crippen molar-refractivity contribution in [3.8, 4) is 5.75 Å². The molecule has 2 aromatic rings. The molecule has 0 aliphatic carbocycles. The summed E-state index contributed by atoms with van der Waals surface area (Å²) >= 11 is 0. The van der Waals surface area contributed by atoms with Crippen molar-refractivity contribution < 1.29 is 19.4 Å². The number of piperidine rings is 1. The van der Waals surface area contributed by atoms with E-state index in [4.69, 9.17) is 9.84 Å². The molecule has 0 bridgehead atoms. The lowest BCUT2D eigenvalue weighted by Crippen LogP contribution is -2.46. The average molecular weight is 396 g/mol. The summed E-state index contributed by atoms with van der Waals surface area (Å²) in [5.41, 5.74) is 2.89. The number of hydrogen-bond donors (Lipinski definition) is 1. The number of likely N-dealkylation sites (N-methyl/N-ethyl adjacent to an activating group) is 1. The zero-order valence-electron chi connectivity index (χ0n) is 17.0. The number of aliphatic carboxylic acids is 1. The number of ether oxygens (including phenoxy) is 1. The molecule has 1 heterocycles. The number of amides is 1. The summed E-state index contributed by atoms with van der Waals surface area (Å²) in [4.78, 5) is 27.5. The zero-order chi connectivity index (χ0) is 20.8. The number of carbonyl (C=O) groups excluding carboxylic acids is 1. The molecular weight excluding hydrogens is 368 g/mol. The summed E-state index contributed by atoms with van der Waals surface area (Å²) in [5, 5.41) is 8.94. The highest BCUT2D eigenvalue weighted by atomic mass is 16.5. The van der Waals surface area contributed by atoms with E-state index < -0.39 is 5.97 Å². The van der Waals surface area contributed by atoms with Gasteiger partial charge in [0, 0.05) is 24.7 Å². The van der Waals surface area contributed by atoms with E-state index in [1.54, 1.807) is 6.07 Å². The van der Waals surface area contributed by atoms with Crippen LogP contribution in [0.1, 0.15) is 34.3 Å². The average Bonchev–Trinajstić information content (AvgIpc) is 2.71. The highest BCUT2D eigenvalue weighted by Gasteiger charge is 2.26. The SMILES string of the molecule is Cc1cccc(COc2cccc(C(=O)N3CCC(N(C)CC(=O)O)CC3)c2)c1. The van der Waals surface area contributed by atoms with E-state index >= 15 is 0 Å². The third-order valence-corrected chi connectivity index (χ3v) is 5.33. The van der Waals surface area contributed by atoms with Crippen LogP contribution in [-0.4, -0.2) is 59.5 Å². The maximum atomic E-state index is 12.9. The van der Waals surface area contributed by atoms with Gasteiger partial charge in [0.2, 0.25) is 0 Å². The van der Waals surface area contributed by atoms with Crippen LogP contribution in [0.2, 0.25) is 0 Å². The van der Waals surface area contributed by atoms with Crippen molar-refractivity contribution in [1.29, 1.82) is 0 Å². The first-order chi connectivity index (χ1) is 13.9. The molecule has 1 saturated heterocycles. The second kappa shape index (κ2) is 9.56. The Hall–Kier alpha value is -2.86. The molecule has 2 aromatic carbocycles. The number of carboxylic acids is 1. The van der Waals surface area contributed by atoms with Crippen LogP contribution in [0.3, 0.4) is 0 Å². The quantitative estimate of drug-likeness (QED) is 0.778. The second-order valence-electron chi connectivity index (χ2n) is 7.64. The molecule has 0 atom stereocenters. The van der Waals surface area contributed by atoms with Crippen molar-refractivity contribution in [2.45, 2.75) is 32.4 Å². The van der Waals surface area contributed by atoms with E-state index in [9.17, 15) is 9.59 Å². The maximum absolute atomic E-state index is 12.9. The molecule has 29 heavy (non-hydrogen) atoms. The highest BCUT2D eigenvalue weighted by molar-refractivity contribution is 5.94. The van der Waals surface area contributed by atoms with Gasteiger partial charge in [-0.05, 0) is 50.6 Å². The van der Waals surface area contributed by atoms with Gasteiger partial charge in [-0.1, -0.05) is 35.9 Å². The molecule has 6 heteroatoms. The predicted molar refractivity (Wildman–Crippen MR) is 111 cm³/mol. The van der Waals surface area contributed by atoms with Gasteiger partial charge in [0.05, 0.1) is 6.54 Å². The number of benzene rings is 2. The molecule has 1 N–H and O–H groups in total. The van der Waals surface area contributed by atoms with Gasteiger partial charge in [0.1, 0.15) is 12.4 Å². The molecule has 0 aromatic heterocycles. The molecule has 1 aliphatic heterocycles. The Morgan fingerprint density at radius 2 is 1.86 bits per heavy atom. The van der Waals surface area contributed by atoms with E-state index in [-0.39, 0.29) is 18.5 Å². The molecule has 0 spiro atoms. The second-order valence-corrected chi connectivity index (χ2v) is 7.64. The highest BCUT2D eigenvalue weighted by Crippen LogP contribution is 2.20. The van der Waals surface area contributed by atoms with Gasteiger partial charge in [0.25, 0.3) is 5.91 Å². The number of carbonyl (C=O) groups is 2. The Bertz CT molecular complexity index is 859. The van der Waals surface area contributed by atoms with Crippen LogP contribution >= 0.6 is 0 Å². The number of aryl methyl sites for hydroxylation is 1. The summed E-state index contributed by atoms with van der Waals surface area (Å²) in [7, 11) is 1.82. The summed E-state index contributed by atoms with van der Waals surface area (Å²) in [6, 6.07) is 15.7. The van der Waals surface area contributed by atoms with Gasteiger partial charge in [-0.3, -0.25) is 14.5 Å². The fourth-order valence-corrected chi connectivity index (χ4v) is 3.72. The molecule has 1 fully saturated rings.